The Labute approximate surface area is 167 Å². The first-order chi connectivity index (χ1) is 14.3. The third-order valence-electron chi connectivity index (χ3n) is 4.82. The zero-order valence-electron chi connectivity index (χ0n) is 15.8. The molecule has 0 saturated carbocycles. The summed E-state index contributed by atoms with van der Waals surface area (Å²) < 4.78 is 3.61. The molecule has 0 saturated heterocycles. The van der Waals surface area contributed by atoms with Crippen LogP contribution in [0.5, 0.6) is 0 Å². The smallest absolute Gasteiger partial charge is 0.185 e. The summed E-state index contributed by atoms with van der Waals surface area (Å²) in [5, 5.41) is 20.9. The number of hydrogen-bond donors (Lipinski definition) is 1. The number of fused-ring (bicyclic) bond motifs is 1. The van der Waals surface area contributed by atoms with Crippen LogP contribution in [0.2, 0.25) is 0 Å². The van der Waals surface area contributed by atoms with Gasteiger partial charge in [0, 0.05) is 24.0 Å². The molecule has 7 nitrogen and oxygen atoms in total. The Hall–Kier alpha value is -4.00. The maximum Gasteiger partial charge on any atom is 0.185 e. The third-order valence-corrected chi connectivity index (χ3v) is 4.82. The van der Waals surface area contributed by atoms with Crippen LogP contribution in [0, 0.1) is 0 Å². The van der Waals surface area contributed by atoms with E-state index in [4.69, 9.17) is 5.10 Å². The van der Waals surface area contributed by atoms with E-state index in [0.717, 1.165) is 28.5 Å². The van der Waals surface area contributed by atoms with Crippen molar-refractivity contribution in [1.82, 2.24) is 29.6 Å². The topological polar surface area (TPSA) is 72.9 Å². The molecular weight excluding hydrogens is 362 g/mol. The highest BCUT2D eigenvalue weighted by atomic mass is 15.4. The lowest BCUT2D eigenvalue weighted by atomic mass is 10.1. The van der Waals surface area contributed by atoms with E-state index in [9.17, 15) is 0 Å². The summed E-state index contributed by atoms with van der Waals surface area (Å²) in [5.74, 6) is 1.48. The molecule has 1 atom stereocenters. The molecule has 0 spiro atoms. The Bertz CT molecular complexity index is 1230. The van der Waals surface area contributed by atoms with E-state index in [1.54, 1.807) is 10.7 Å². The molecule has 7 heteroatoms. The average molecular weight is 381 g/mol. The number of nitrogens with zero attached hydrogens (tertiary/aromatic N) is 6. The van der Waals surface area contributed by atoms with Gasteiger partial charge in [0.2, 0.25) is 0 Å². The van der Waals surface area contributed by atoms with Crippen LogP contribution in [0.25, 0.3) is 22.7 Å². The van der Waals surface area contributed by atoms with Crippen molar-refractivity contribution in [2.24, 2.45) is 0 Å². The summed E-state index contributed by atoms with van der Waals surface area (Å²) in [5.41, 5.74) is 3.88. The molecule has 0 aliphatic rings. The number of aromatic nitrogens is 6. The zero-order chi connectivity index (χ0) is 19.6. The monoisotopic (exact) mass is 381 g/mol. The van der Waals surface area contributed by atoms with Gasteiger partial charge in [0.15, 0.2) is 11.5 Å². The van der Waals surface area contributed by atoms with Crippen molar-refractivity contribution in [3.05, 3.63) is 90.8 Å². The molecular formula is C22H19N7. The van der Waals surface area contributed by atoms with Gasteiger partial charge in [-0.3, -0.25) is 0 Å². The van der Waals surface area contributed by atoms with Crippen LogP contribution in [0.1, 0.15) is 18.5 Å². The Morgan fingerprint density at radius 3 is 2.45 bits per heavy atom. The number of hydrogen-bond acceptors (Lipinski definition) is 5. The normalized spacial score (nSPS) is 12.2. The molecule has 0 bridgehead atoms. The summed E-state index contributed by atoms with van der Waals surface area (Å²) in [7, 11) is 0. The molecule has 5 aromatic rings. The number of nitrogens with one attached hydrogen (secondary N) is 1. The highest BCUT2D eigenvalue weighted by Gasteiger charge is 2.11. The Balaban J connectivity index is 1.40. The molecule has 3 heterocycles. The maximum atomic E-state index is 4.70. The number of rotatable bonds is 5. The lowest BCUT2D eigenvalue weighted by Gasteiger charge is -2.15. The highest BCUT2D eigenvalue weighted by Crippen LogP contribution is 2.21. The van der Waals surface area contributed by atoms with E-state index in [-0.39, 0.29) is 6.04 Å². The van der Waals surface area contributed by atoms with Crippen molar-refractivity contribution < 1.29 is 0 Å². The first-order valence-electron chi connectivity index (χ1n) is 9.42. The molecule has 2 aromatic carbocycles. The van der Waals surface area contributed by atoms with E-state index in [0.29, 0.717) is 5.65 Å². The molecule has 0 fully saturated rings. The first-order valence-corrected chi connectivity index (χ1v) is 9.42. The molecule has 3 aromatic heterocycles. The minimum atomic E-state index is 0.0864. The predicted molar refractivity (Wildman–Crippen MR) is 112 cm³/mol. The Kier molecular flexibility index (Phi) is 4.25. The fourth-order valence-corrected chi connectivity index (χ4v) is 3.28. The largest absolute Gasteiger partial charge is 0.362 e. The molecule has 0 aliphatic carbocycles. The lowest BCUT2D eigenvalue weighted by Crippen LogP contribution is -2.10. The van der Waals surface area contributed by atoms with Crippen molar-refractivity contribution in [3.8, 4) is 17.1 Å². The number of benzene rings is 2. The number of anilines is 1. The van der Waals surface area contributed by atoms with Crippen molar-refractivity contribution in [2.75, 3.05) is 5.32 Å². The van der Waals surface area contributed by atoms with Crippen molar-refractivity contribution in [3.63, 3.8) is 0 Å². The molecule has 0 amide bonds. The van der Waals surface area contributed by atoms with Gasteiger partial charge in [-0.15, -0.1) is 15.3 Å². The van der Waals surface area contributed by atoms with Gasteiger partial charge >= 0.3 is 0 Å². The van der Waals surface area contributed by atoms with Crippen LogP contribution in [0.15, 0.2) is 85.2 Å². The van der Waals surface area contributed by atoms with Gasteiger partial charge < -0.3 is 5.32 Å². The average Bonchev–Trinajstić information content (AvgIpc) is 3.44. The second kappa shape index (κ2) is 7.20. The molecule has 5 rings (SSSR count). The van der Waals surface area contributed by atoms with E-state index in [1.807, 2.05) is 59.4 Å². The summed E-state index contributed by atoms with van der Waals surface area (Å²) in [6.07, 6.45) is 3.70. The second-order valence-corrected chi connectivity index (χ2v) is 6.79. The van der Waals surface area contributed by atoms with Crippen LogP contribution < -0.4 is 5.32 Å². The fourth-order valence-electron chi connectivity index (χ4n) is 3.28. The van der Waals surface area contributed by atoms with Crippen LogP contribution in [0.3, 0.4) is 0 Å². The van der Waals surface area contributed by atoms with E-state index in [1.165, 1.54) is 0 Å². The molecule has 0 radical (unpaired) electrons. The SMILES string of the molecule is CC(Nc1ccc2nnc(-c3ccccc3)n2n1)c1ccc(-n2cccn2)cc1. The molecule has 142 valence electrons. The Morgan fingerprint density at radius 2 is 1.69 bits per heavy atom. The van der Waals surface area contributed by atoms with Crippen LogP contribution in [-0.2, 0) is 0 Å². The van der Waals surface area contributed by atoms with Crippen molar-refractivity contribution in [1.29, 1.82) is 0 Å². The quantitative estimate of drug-likeness (QED) is 0.495. The van der Waals surface area contributed by atoms with Crippen LogP contribution in [-0.4, -0.2) is 29.6 Å². The van der Waals surface area contributed by atoms with Gasteiger partial charge in [-0.2, -0.15) is 9.61 Å². The molecule has 29 heavy (non-hydrogen) atoms. The first kappa shape index (κ1) is 17.1. The van der Waals surface area contributed by atoms with Gasteiger partial charge in [-0.25, -0.2) is 4.68 Å². The van der Waals surface area contributed by atoms with Gasteiger partial charge in [0.05, 0.1) is 5.69 Å². The highest BCUT2D eigenvalue weighted by molar-refractivity contribution is 5.59. The lowest BCUT2D eigenvalue weighted by molar-refractivity contribution is 0.841. The van der Waals surface area contributed by atoms with Gasteiger partial charge in [0.25, 0.3) is 0 Å². The van der Waals surface area contributed by atoms with Crippen LogP contribution >= 0.6 is 0 Å². The summed E-state index contributed by atoms with van der Waals surface area (Å²) in [4.78, 5) is 0. The van der Waals surface area contributed by atoms with E-state index < -0.39 is 0 Å². The van der Waals surface area contributed by atoms with Gasteiger partial charge in [0.1, 0.15) is 5.82 Å². The molecule has 0 aliphatic heterocycles. The second-order valence-electron chi connectivity index (χ2n) is 6.79. The zero-order valence-corrected chi connectivity index (χ0v) is 15.8. The van der Waals surface area contributed by atoms with Crippen molar-refractivity contribution >= 4 is 11.5 Å². The summed E-state index contributed by atoms with van der Waals surface area (Å²) in [6.45, 7) is 2.11. The van der Waals surface area contributed by atoms with Gasteiger partial charge in [-0.05, 0) is 42.8 Å². The standard InChI is InChI=1S/C22H19N7/c1-16(17-8-10-19(11-9-17)28-15-5-14-23-28)24-20-12-13-21-25-26-22(29(21)27-20)18-6-3-2-4-7-18/h2-16H,1H3,(H,24,27). The van der Waals surface area contributed by atoms with Crippen molar-refractivity contribution in [2.45, 2.75) is 13.0 Å². The predicted octanol–water partition coefficient (Wildman–Crippen LogP) is 4.15. The van der Waals surface area contributed by atoms with E-state index in [2.05, 4.69) is 51.8 Å². The molecule has 1 N–H and O–H groups in total. The molecule has 1 unspecified atom stereocenters. The summed E-state index contributed by atoms with van der Waals surface area (Å²) in [6, 6.07) is 24.1. The van der Waals surface area contributed by atoms with E-state index >= 15 is 0 Å². The fraction of sp³-hybridized carbons (Fsp3) is 0.0909. The maximum absolute atomic E-state index is 4.70. The summed E-state index contributed by atoms with van der Waals surface area (Å²) >= 11 is 0. The third kappa shape index (κ3) is 3.34. The minimum Gasteiger partial charge on any atom is -0.362 e. The minimum absolute atomic E-state index is 0.0864. The van der Waals surface area contributed by atoms with Gasteiger partial charge in [-0.1, -0.05) is 42.5 Å². The Morgan fingerprint density at radius 1 is 0.862 bits per heavy atom. The van der Waals surface area contributed by atoms with Crippen LogP contribution in [0.4, 0.5) is 5.82 Å².